The van der Waals surface area contributed by atoms with Gasteiger partial charge < -0.3 is 14.8 Å². The molecule has 2 aromatic carbocycles. The van der Waals surface area contributed by atoms with E-state index in [0.29, 0.717) is 24.3 Å². The highest BCUT2D eigenvalue weighted by atomic mass is 16.5. The lowest BCUT2D eigenvalue weighted by atomic mass is 9.97. The number of hydrogen-bond donors (Lipinski definition) is 1. The van der Waals surface area contributed by atoms with Crippen molar-refractivity contribution in [1.29, 1.82) is 0 Å². The number of nitrogens with one attached hydrogen (secondary N) is 1. The maximum Gasteiger partial charge on any atom is 0.338 e. The number of benzene rings is 2. The quantitative estimate of drug-likeness (QED) is 0.477. The van der Waals surface area contributed by atoms with Crippen LogP contribution in [0.15, 0.2) is 54.6 Å². The van der Waals surface area contributed by atoms with Crippen LogP contribution >= 0.6 is 0 Å². The summed E-state index contributed by atoms with van der Waals surface area (Å²) in [5.74, 6) is -1.67. The Morgan fingerprint density at radius 2 is 1.62 bits per heavy atom. The maximum atomic E-state index is 12.3. The number of ether oxygens (including phenoxy) is 2. The van der Waals surface area contributed by atoms with Crippen LogP contribution in [0.1, 0.15) is 54.9 Å². The Kier molecular flexibility index (Phi) is 8.89. The largest absolute Gasteiger partial charge is 0.462 e. The summed E-state index contributed by atoms with van der Waals surface area (Å²) in [4.78, 5) is 36.3. The monoisotopic (exact) mass is 397 g/mol. The topological polar surface area (TPSA) is 81.7 Å². The normalized spacial score (nSPS) is 11.4. The molecule has 1 amide bonds. The Balaban J connectivity index is 1.82. The maximum absolute atomic E-state index is 12.3. The molecule has 1 atom stereocenters. The molecule has 2 aromatic rings. The summed E-state index contributed by atoms with van der Waals surface area (Å²) in [6.45, 7) is 3.93. The van der Waals surface area contributed by atoms with E-state index in [-0.39, 0.29) is 6.61 Å². The molecule has 0 radical (unpaired) electrons. The Bertz CT molecular complexity index is 802. The van der Waals surface area contributed by atoms with Crippen molar-refractivity contribution in [3.05, 3.63) is 65.7 Å². The summed E-state index contributed by atoms with van der Waals surface area (Å²) in [5.41, 5.74) is 1.78. The van der Waals surface area contributed by atoms with Crippen LogP contribution in [0.5, 0.6) is 0 Å². The van der Waals surface area contributed by atoms with Crippen LogP contribution < -0.4 is 5.32 Å². The van der Waals surface area contributed by atoms with Gasteiger partial charge in [-0.1, -0.05) is 50.6 Å². The van der Waals surface area contributed by atoms with E-state index in [1.807, 2.05) is 44.2 Å². The molecule has 0 saturated carbocycles. The fraction of sp³-hybridized carbons (Fsp3) is 0.348. The molecule has 0 heterocycles. The Hall–Kier alpha value is -3.15. The van der Waals surface area contributed by atoms with Crippen LogP contribution in [0, 0.1) is 0 Å². The van der Waals surface area contributed by atoms with E-state index < -0.39 is 23.8 Å². The third-order valence-corrected chi connectivity index (χ3v) is 4.38. The molecule has 29 heavy (non-hydrogen) atoms. The molecule has 6 heteroatoms. The second-order valence-corrected chi connectivity index (χ2v) is 6.59. The van der Waals surface area contributed by atoms with Crippen molar-refractivity contribution in [2.24, 2.45) is 0 Å². The van der Waals surface area contributed by atoms with E-state index >= 15 is 0 Å². The number of carbonyl (C=O) groups is 3. The predicted octanol–water partition coefficient (Wildman–Crippen LogP) is 4.32. The molecular formula is C23H27NO5. The fourth-order valence-electron chi connectivity index (χ4n) is 2.74. The highest BCUT2D eigenvalue weighted by Crippen LogP contribution is 2.20. The molecule has 0 fully saturated rings. The molecular weight excluding hydrogens is 370 g/mol. The van der Waals surface area contributed by atoms with Crippen molar-refractivity contribution in [2.75, 3.05) is 18.5 Å². The number of amides is 1. The molecule has 2 rings (SSSR count). The van der Waals surface area contributed by atoms with Gasteiger partial charge in [0.2, 0.25) is 0 Å². The third-order valence-electron chi connectivity index (χ3n) is 4.38. The minimum atomic E-state index is -0.445. The molecule has 0 spiro atoms. The van der Waals surface area contributed by atoms with Crippen LogP contribution in [0.25, 0.3) is 0 Å². The fourth-order valence-corrected chi connectivity index (χ4v) is 2.74. The van der Waals surface area contributed by atoms with Gasteiger partial charge in [-0.15, -0.1) is 0 Å². The van der Waals surface area contributed by atoms with Crippen molar-refractivity contribution in [1.82, 2.24) is 0 Å². The minimum Gasteiger partial charge on any atom is -0.462 e. The van der Waals surface area contributed by atoms with Crippen molar-refractivity contribution >= 4 is 23.5 Å². The lowest BCUT2D eigenvalue weighted by Gasteiger charge is -2.14. The first-order chi connectivity index (χ1) is 14.0. The standard InChI is InChI=1S/C23H27NO5/c1-3-5-15-28-22(26)18-11-13-19(14-12-18)24-21(25)16-29-23(27)20(4-2)17-9-7-6-8-10-17/h6-14,20H,3-5,15-16H2,1-2H3,(H,24,25)/t20-/m1/s1. The van der Waals surface area contributed by atoms with Gasteiger partial charge in [-0.2, -0.15) is 0 Å². The predicted molar refractivity (Wildman–Crippen MR) is 111 cm³/mol. The first kappa shape index (κ1) is 22.1. The Morgan fingerprint density at radius 3 is 2.24 bits per heavy atom. The van der Waals surface area contributed by atoms with Gasteiger partial charge in [0.1, 0.15) is 0 Å². The van der Waals surface area contributed by atoms with Gasteiger partial charge in [0.25, 0.3) is 5.91 Å². The molecule has 0 aliphatic heterocycles. The molecule has 6 nitrogen and oxygen atoms in total. The summed E-state index contributed by atoms with van der Waals surface area (Å²) in [7, 11) is 0. The van der Waals surface area contributed by atoms with Gasteiger partial charge in [0, 0.05) is 5.69 Å². The molecule has 0 unspecified atom stereocenters. The summed E-state index contributed by atoms with van der Waals surface area (Å²) in [6, 6.07) is 15.7. The van der Waals surface area contributed by atoms with Crippen LogP contribution in [0.3, 0.4) is 0 Å². The van der Waals surface area contributed by atoms with Crippen LogP contribution in [-0.4, -0.2) is 31.1 Å². The van der Waals surface area contributed by atoms with Gasteiger partial charge in [-0.25, -0.2) is 4.79 Å². The average Bonchev–Trinajstić information content (AvgIpc) is 2.74. The molecule has 1 N–H and O–H groups in total. The zero-order valence-electron chi connectivity index (χ0n) is 16.9. The second-order valence-electron chi connectivity index (χ2n) is 6.59. The first-order valence-electron chi connectivity index (χ1n) is 9.83. The van der Waals surface area contributed by atoms with Crippen LogP contribution in [0.4, 0.5) is 5.69 Å². The number of rotatable bonds is 10. The van der Waals surface area contributed by atoms with Crippen LogP contribution in [0.2, 0.25) is 0 Å². The van der Waals surface area contributed by atoms with E-state index in [9.17, 15) is 14.4 Å². The number of hydrogen-bond acceptors (Lipinski definition) is 5. The molecule has 0 aromatic heterocycles. The highest BCUT2D eigenvalue weighted by molar-refractivity contribution is 5.94. The van der Waals surface area contributed by atoms with E-state index in [1.54, 1.807) is 24.3 Å². The van der Waals surface area contributed by atoms with Crippen molar-refractivity contribution in [3.8, 4) is 0 Å². The smallest absolute Gasteiger partial charge is 0.338 e. The van der Waals surface area contributed by atoms with Gasteiger partial charge in [-0.05, 0) is 42.7 Å². The highest BCUT2D eigenvalue weighted by Gasteiger charge is 2.21. The number of anilines is 1. The summed E-state index contributed by atoms with van der Waals surface area (Å²) < 4.78 is 10.3. The Labute approximate surface area is 171 Å². The summed E-state index contributed by atoms with van der Waals surface area (Å²) >= 11 is 0. The lowest BCUT2D eigenvalue weighted by molar-refractivity contribution is -0.149. The number of unbranched alkanes of at least 4 members (excludes halogenated alkanes) is 1. The second kappa shape index (κ2) is 11.6. The lowest BCUT2D eigenvalue weighted by Crippen LogP contribution is -2.23. The zero-order valence-corrected chi connectivity index (χ0v) is 16.9. The number of esters is 2. The van der Waals surface area contributed by atoms with E-state index in [1.165, 1.54) is 0 Å². The number of carbonyl (C=O) groups excluding carboxylic acids is 3. The van der Waals surface area contributed by atoms with Crippen molar-refractivity contribution in [3.63, 3.8) is 0 Å². The first-order valence-corrected chi connectivity index (χ1v) is 9.83. The summed E-state index contributed by atoms with van der Waals surface area (Å²) in [6.07, 6.45) is 2.36. The van der Waals surface area contributed by atoms with E-state index in [4.69, 9.17) is 9.47 Å². The van der Waals surface area contributed by atoms with E-state index in [0.717, 1.165) is 18.4 Å². The molecule has 0 saturated heterocycles. The Morgan fingerprint density at radius 1 is 0.931 bits per heavy atom. The van der Waals surface area contributed by atoms with Gasteiger partial charge in [0.15, 0.2) is 6.61 Å². The van der Waals surface area contributed by atoms with Gasteiger partial charge in [-0.3, -0.25) is 9.59 Å². The van der Waals surface area contributed by atoms with Crippen LogP contribution in [-0.2, 0) is 19.1 Å². The minimum absolute atomic E-state index is 0.372. The average molecular weight is 397 g/mol. The third kappa shape index (κ3) is 7.07. The zero-order chi connectivity index (χ0) is 21.1. The van der Waals surface area contributed by atoms with Gasteiger partial charge in [0.05, 0.1) is 18.1 Å². The molecule has 0 bridgehead atoms. The molecule has 0 aliphatic rings. The van der Waals surface area contributed by atoms with Gasteiger partial charge >= 0.3 is 11.9 Å². The van der Waals surface area contributed by atoms with Crippen molar-refractivity contribution < 1.29 is 23.9 Å². The SMILES string of the molecule is CCCCOC(=O)c1ccc(NC(=O)COC(=O)[C@H](CC)c2ccccc2)cc1. The van der Waals surface area contributed by atoms with E-state index in [2.05, 4.69) is 5.32 Å². The summed E-state index contributed by atoms with van der Waals surface area (Å²) in [5, 5.41) is 2.64. The van der Waals surface area contributed by atoms with Crippen molar-refractivity contribution in [2.45, 2.75) is 39.0 Å². The molecule has 0 aliphatic carbocycles. The molecule has 154 valence electrons.